The molecule has 0 radical (unpaired) electrons. The van der Waals surface area contributed by atoms with Crippen LogP contribution < -0.4 is 10.6 Å². The van der Waals surface area contributed by atoms with Crippen molar-refractivity contribution >= 4 is 11.8 Å². The van der Waals surface area contributed by atoms with Crippen LogP contribution >= 0.6 is 0 Å². The molecule has 0 spiro atoms. The van der Waals surface area contributed by atoms with Gasteiger partial charge in [0.05, 0.1) is 30.0 Å². The van der Waals surface area contributed by atoms with Crippen molar-refractivity contribution in [2.24, 2.45) is 0 Å². The standard InChI is InChI=1S/C22H21N5O3/c1-13-6-15(11-30-13)10-24-21(28)19-8-20(26-12-25-19)22(29)27-18-5-3-16-7-14(9-23)2-4-17(16)18/h2,4,7-8,11-13,18H,3,5-6,10H2,1H3,(H,24,28)(H,27,29)/t13?,18-/m0/s1. The maximum absolute atomic E-state index is 12.7. The molecule has 2 amide bonds. The Labute approximate surface area is 174 Å². The van der Waals surface area contributed by atoms with Gasteiger partial charge in [-0.15, -0.1) is 0 Å². The number of hydrogen-bond acceptors (Lipinski definition) is 6. The average molecular weight is 403 g/mol. The first-order valence-electron chi connectivity index (χ1n) is 9.81. The largest absolute Gasteiger partial charge is 0.498 e. The second kappa shape index (κ2) is 8.33. The Kier molecular flexibility index (Phi) is 5.44. The van der Waals surface area contributed by atoms with Crippen LogP contribution in [-0.4, -0.2) is 34.4 Å². The normalized spacial score (nSPS) is 19.3. The molecule has 1 aliphatic heterocycles. The first kappa shape index (κ1) is 19.6. The monoisotopic (exact) mass is 403 g/mol. The molecule has 0 bridgehead atoms. The van der Waals surface area contributed by atoms with Gasteiger partial charge in [0, 0.05) is 19.0 Å². The number of nitrogens with zero attached hydrogens (tertiary/aromatic N) is 3. The van der Waals surface area contributed by atoms with Crippen LogP contribution in [0.25, 0.3) is 0 Å². The summed E-state index contributed by atoms with van der Waals surface area (Å²) in [6, 6.07) is 8.87. The third kappa shape index (κ3) is 4.15. The Hall–Kier alpha value is -3.73. The highest BCUT2D eigenvalue weighted by Gasteiger charge is 2.25. The van der Waals surface area contributed by atoms with Gasteiger partial charge in [-0.3, -0.25) is 9.59 Å². The van der Waals surface area contributed by atoms with Crippen molar-refractivity contribution < 1.29 is 14.3 Å². The molecule has 8 heteroatoms. The molecule has 1 aromatic heterocycles. The third-order valence-corrected chi connectivity index (χ3v) is 5.28. The van der Waals surface area contributed by atoms with E-state index in [0.29, 0.717) is 12.1 Å². The molecule has 0 saturated heterocycles. The van der Waals surface area contributed by atoms with E-state index in [9.17, 15) is 9.59 Å². The summed E-state index contributed by atoms with van der Waals surface area (Å²) in [7, 11) is 0. The summed E-state index contributed by atoms with van der Waals surface area (Å²) in [6.07, 6.45) is 5.33. The van der Waals surface area contributed by atoms with Crippen LogP contribution in [0.2, 0.25) is 0 Å². The third-order valence-electron chi connectivity index (χ3n) is 5.28. The van der Waals surface area contributed by atoms with E-state index in [4.69, 9.17) is 10.00 Å². The number of carbonyl (C=O) groups is 2. The van der Waals surface area contributed by atoms with E-state index in [1.54, 1.807) is 12.3 Å². The molecule has 2 aliphatic rings. The number of fused-ring (bicyclic) bond motifs is 1. The lowest BCUT2D eigenvalue weighted by Crippen LogP contribution is -2.30. The molecule has 2 aromatic rings. The van der Waals surface area contributed by atoms with Gasteiger partial charge in [0.2, 0.25) is 0 Å². The zero-order valence-electron chi connectivity index (χ0n) is 16.5. The van der Waals surface area contributed by atoms with Crippen LogP contribution in [0.15, 0.2) is 42.4 Å². The van der Waals surface area contributed by atoms with E-state index < -0.39 is 0 Å². The molecule has 0 saturated carbocycles. The summed E-state index contributed by atoms with van der Waals surface area (Å²) in [4.78, 5) is 33.1. The lowest BCUT2D eigenvalue weighted by molar-refractivity contribution is 0.0931. The molecular weight excluding hydrogens is 382 g/mol. The summed E-state index contributed by atoms with van der Waals surface area (Å²) in [6.45, 7) is 2.34. The number of benzene rings is 1. The maximum atomic E-state index is 12.7. The van der Waals surface area contributed by atoms with Crippen LogP contribution in [-0.2, 0) is 11.2 Å². The summed E-state index contributed by atoms with van der Waals surface area (Å²) in [5, 5.41) is 14.8. The average Bonchev–Trinajstić information content (AvgIpc) is 3.37. The lowest BCUT2D eigenvalue weighted by atomic mass is 10.1. The Bertz CT molecular complexity index is 1070. The van der Waals surface area contributed by atoms with Gasteiger partial charge in [0.25, 0.3) is 11.8 Å². The van der Waals surface area contributed by atoms with Crippen LogP contribution in [0.4, 0.5) is 0 Å². The van der Waals surface area contributed by atoms with Gasteiger partial charge in [-0.1, -0.05) is 6.07 Å². The van der Waals surface area contributed by atoms with E-state index >= 15 is 0 Å². The highest BCUT2D eigenvalue weighted by Crippen LogP contribution is 2.31. The fraction of sp³-hybridized carbons (Fsp3) is 0.318. The van der Waals surface area contributed by atoms with Gasteiger partial charge in [-0.25, -0.2) is 9.97 Å². The first-order chi connectivity index (χ1) is 14.5. The highest BCUT2D eigenvalue weighted by atomic mass is 16.5. The number of aromatic nitrogens is 2. The van der Waals surface area contributed by atoms with Gasteiger partial charge < -0.3 is 15.4 Å². The van der Waals surface area contributed by atoms with Crippen molar-refractivity contribution in [3.63, 3.8) is 0 Å². The van der Waals surface area contributed by atoms with Crippen LogP contribution in [0.1, 0.15) is 63.5 Å². The number of nitrogens with one attached hydrogen (secondary N) is 2. The molecule has 30 heavy (non-hydrogen) atoms. The molecule has 1 aromatic carbocycles. The second-order valence-corrected chi connectivity index (χ2v) is 7.49. The summed E-state index contributed by atoms with van der Waals surface area (Å²) in [5.41, 5.74) is 3.96. The topological polar surface area (TPSA) is 117 Å². The Morgan fingerprint density at radius 2 is 2.03 bits per heavy atom. The Balaban J connectivity index is 1.40. The van der Waals surface area contributed by atoms with Gasteiger partial charge in [0.1, 0.15) is 17.7 Å². The summed E-state index contributed by atoms with van der Waals surface area (Å²) in [5.74, 6) is -0.739. The zero-order chi connectivity index (χ0) is 21.1. The minimum absolute atomic E-state index is 0.124. The molecule has 8 nitrogen and oxygen atoms in total. The van der Waals surface area contributed by atoms with Crippen molar-refractivity contribution in [3.05, 3.63) is 70.5 Å². The number of aryl methyl sites for hydroxylation is 1. The smallest absolute Gasteiger partial charge is 0.270 e. The number of rotatable bonds is 5. The Morgan fingerprint density at radius 1 is 1.23 bits per heavy atom. The quantitative estimate of drug-likeness (QED) is 0.790. The van der Waals surface area contributed by atoms with Gasteiger partial charge in [0.15, 0.2) is 0 Å². The summed E-state index contributed by atoms with van der Waals surface area (Å²) < 4.78 is 5.35. The van der Waals surface area contributed by atoms with E-state index in [1.807, 2.05) is 19.1 Å². The minimum atomic E-state index is -0.373. The minimum Gasteiger partial charge on any atom is -0.498 e. The van der Waals surface area contributed by atoms with Gasteiger partial charge >= 0.3 is 0 Å². The Morgan fingerprint density at radius 3 is 2.77 bits per heavy atom. The number of nitriles is 1. The molecule has 2 atom stereocenters. The van der Waals surface area contributed by atoms with Gasteiger partial charge in [-0.2, -0.15) is 5.26 Å². The van der Waals surface area contributed by atoms with Crippen LogP contribution in [0, 0.1) is 11.3 Å². The van der Waals surface area contributed by atoms with Crippen molar-refractivity contribution in [1.29, 1.82) is 5.26 Å². The van der Waals surface area contributed by atoms with Crippen molar-refractivity contribution in [2.45, 2.75) is 38.3 Å². The fourth-order valence-electron chi connectivity index (χ4n) is 3.75. The number of ether oxygens (including phenoxy) is 1. The van der Waals surface area contributed by atoms with Crippen molar-refractivity contribution in [3.8, 4) is 6.07 Å². The van der Waals surface area contributed by atoms with E-state index in [1.165, 1.54) is 12.4 Å². The zero-order valence-corrected chi connectivity index (χ0v) is 16.5. The number of amides is 2. The fourth-order valence-corrected chi connectivity index (χ4v) is 3.75. The van der Waals surface area contributed by atoms with Crippen LogP contribution in [0.3, 0.4) is 0 Å². The first-order valence-corrected chi connectivity index (χ1v) is 9.81. The predicted octanol–water partition coefficient (Wildman–Crippen LogP) is 2.19. The van der Waals surface area contributed by atoms with E-state index in [0.717, 1.165) is 36.0 Å². The van der Waals surface area contributed by atoms with Gasteiger partial charge in [-0.05, 0) is 48.6 Å². The highest BCUT2D eigenvalue weighted by molar-refractivity contribution is 5.97. The molecule has 152 valence electrons. The van der Waals surface area contributed by atoms with E-state index in [2.05, 4.69) is 26.7 Å². The van der Waals surface area contributed by atoms with Crippen molar-refractivity contribution in [2.75, 3.05) is 6.54 Å². The molecular formula is C22H21N5O3. The lowest BCUT2D eigenvalue weighted by Gasteiger charge is -2.14. The molecule has 1 unspecified atom stereocenters. The predicted molar refractivity (Wildman–Crippen MR) is 107 cm³/mol. The SMILES string of the molecule is CC1CC(CNC(=O)c2cc(C(=O)N[C@H]3CCc4cc(C#N)ccc43)ncn2)=CO1. The molecule has 2 heterocycles. The number of hydrogen-bond donors (Lipinski definition) is 2. The number of carbonyl (C=O) groups excluding carboxylic acids is 2. The van der Waals surface area contributed by atoms with E-state index in [-0.39, 0.29) is 35.3 Å². The summed E-state index contributed by atoms with van der Waals surface area (Å²) >= 11 is 0. The second-order valence-electron chi connectivity index (χ2n) is 7.49. The maximum Gasteiger partial charge on any atom is 0.270 e. The molecule has 1 aliphatic carbocycles. The van der Waals surface area contributed by atoms with Crippen molar-refractivity contribution in [1.82, 2.24) is 20.6 Å². The molecule has 2 N–H and O–H groups in total. The molecule has 4 rings (SSSR count). The van der Waals surface area contributed by atoms with Crippen LogP contribution in [0.5, 0.6) is 0 Å². The molecule has 0 fully saturated rings.